The molecule has 0 bridgehead atoms. The maximum absolute atomic E-state index is 11.3. The summed E-state index contributed by atoms with van der Waals surface area (Å²) in [5.41, 5.74) is 5.43. The third-order valence-electron chi connectivity index (χ3n) is 2.99. The molecule has 1 heterocycles. The number of nitrogens with two attached hydrogens (primary N) is 1. The maximum Gasteiger partial charge on any atom is 0.234 e. The van der Waals surface area contributed by atoms with Crippen LogP contribution in [0.5, 0.6) is 0 Å². The molecule has 0 aromatic heterocycles. The third kappa shape index (κ3) is 3.29. The smallest absolute Gasteiger partial charge is 0.234 e. The van der Waals surface area contributed by atoms with E-state index in [0.717, 1.165) is 32.4 Å². The summed E-state index contributed by atoms with van der Waals surface area (Å²) in [6.45, 7) is 4.25. The third-order valence-corrected chi connectivity index (χ3v) is 2.99. The fraction of sp³-hybridized carbons (Fsp3) is 0.909. The maximum atomic E-state index is 11.3. The number of nitrogens with zero attached hydrogens (tertiary/aromatic N) is 1. The van der Waals surface area contributed by atoms with E-state index in [9.17, 15) is 4.79 Å². The molecular weight excluding hydrogens is 176 g/mol. The number of unbranched alkanes of at least 4 members (excludes halogenated alkanes) is 1. The van der Waals surface area contributed by atoms with Crippen molar-refractivity contribution >= 4 is 5.91 Å². The first-order valence-electron chi connectivity index (χ1n) is 5.79. The van der Waals surface area contributed by atoms with Gasteiger partial charge in [0.25, 0.3) is 0 Å². The molecule has 0 saturated carbocycles. The van der Waals surface area contributed by atoms with E-state index >= 15 is 0 Å². The Balaban J connectivity index is 2.43. The van der Waals surface area contributed by atoms with Gasteiger partial charge in [-0.3, -0.25) is 9.69 Å². The highest BCUT2D eigenvalue weighted by molar-refractivity contribution is 5.79. The van der Waals surface area contributed by atoms with Crippen molar-refractivity contribution < 1.29 is 4.79 Å². The van der Waals surface area contributed by atoms with Crippen LogP contribution in [0, 0.1) is 0 Å². The van der Waals surface area contributed by atoms with Crippen LogP contribution in [-0.2, 0) is 4.79 Å². The Bertz CT molecular complexity index is 176. The molecule has 1 rings (SSSR count). The molecule has 14 heavy (non-hydrogen) atoms. The number of primary amides is 1. The van der Waals surface area contributed by atoms with Crippen molar-refractivity contribution in [2.24, 2.45) is 5.73 Å². The fourth-order valence-electron chi connectivity index (χ4n) is 2.13. The number of rotatable bonds is 5. The molecule has 2 N–H and O–H groups in total. The highest BCUT2D eigenvalue weighted by Crippen LogP contribution is 2.15. The molecule has 1 aliphatic rings. The second-order valence-electron chi connectivity index (χ2n) is 4.16. The van der Waals surface area contributed by atoms with Gasteiger partial charge >= 0.3 is 0 Å². The zero-order valence-electron chi connectivity index (χ0n) is 9.17. The molecule has 3 nitrogen and oxygen atoms in total. The SMILES string of the molecule is CCCCC(C(N)=O)N1CCCCC1. The lowest BCUT2D eigenvalue weighted by Gasteiger charge is -2.32. The second kappa shape index (κ2) is 6.02. The molecule has 1 saturated heterocycles. The number of amides is 1. The molecule has 0 aliphatic carbocycles. The molecule has 1 aliphatic heterocycles. The number of carbonyl (C=O) groups excluding carboxylic acids is 1. The molecule has 82 valence electrons. The van der Waals surface area contributed by atoms with Crippen molar-refractivity contribution in [2.75, 3.05) is 13.1 Å². The van der Waals surface area contributed by atoms with Gasteiger partial charge in [0, 0.05) is 0 Å². The van der Waals surface area contributed by atoms with E-state index in [2.05, 4.69) is 11.8 Å². The zero-order valence-corrected chi connectivity index (χ0v) is 9.17. The van der Waals surface area contributed by atoms with E-state index < -0.39 is 0 Å². The Labute approximate surface area is 86.6 Å². The van der Waals surface area contributed by atoms with Crippen LogP contribution in [0.2, 0.25) is 0 Å². The molecule has 1 atom stereocenters. The van der Waals surface area contributed by atoms with Gasteiger partial charge in [-0.15, -0.1) is 0 Å². The highest BCUT2D eigenvalue weighted by atomic mass is 16.1. The van der Waals surface area contributed by atoms with Gasteiger partial charge in [-0.05, 0) is 32.4 Å². The van der Waals surface area contributed by atoms with Crippen molar-refractivity contribution in [2.45, 2.75) is 51.5 Å². The average molecular weight is 198 g/mol. The summed E-state index contributed by atoms with van der Waals surface area (Å²) < 4.78 is 0. The van der Waals surface area contributed by atoms with Gasteiger partial charge in [0.1, 0.15) is 0 Å². The highest BCUT2D eigenvalue weighted by Gasteiger charge is 2.24. The van der Waals surface area contributed by atoms with Crippen LogP contribution < -0.4 is 5.73 Å². The Morgan fingerprint density at radius 3 is 2.50 bits per heavy atom. The Morgan fingerprint density at radius 2 is 2.00 bits per heavy atom. The van der Waals surface area contributed by atoms with Gasteiger partial charge in [0.15, 0.2) is 0 Å². The van der Waals surface area contributed by atoms with Gasteiger partial charge in [0.2, 0.25) is 5.91 Å². The van der Waals surface area contributed by atoms with Gasteiger partial charge < -0.3 is 5.73 Å². The number of likely N-dealkylation sites (tertiary alicyclic amines) is 1. The number of hydrogen-bond donors (Lipinski definition) is 1. The molecule has 0 radical (unpaired) electrons. The lowest BCUT2D eigenvalue weighted by Crippen LogP contribution is -2.47. The zero-order chi connectivity index (χ0) is 10.4. The van der Waals surface area contributed by atoms with E-state index in [4.69, 9.17) is 5.73 Å². The monoisotopic (exact) mass is 198 g/mol. The van der Waals surface area contributed by atoms with Crippen LogP contribution in [0.25, 0.3) is 0 Å². The molecular formula is C11H22N2O. The first kappa shape index (κ1) is 11.5. The second-order valence-corrected chi connectivity index (χ2v) is 4.16. The van der Waals surface area contributed by atoms with Crippen molar-refractivity contribution in [3.63, 3.8) is 0 Å². The normalized spacial score (nSPS) is 20.6. The van der Waals surface area contributed by atoms with Crippen LogP contribution in [0.3, 0.4) is 0 Å². The van der Waals surface area contributed by atoms with E-state index in [1.54, 1.807) is 0 Å². The average Bonchev–Trinajstić information content (AvgIpc) is 2.19. The van der Waals surface area contributed by atoms with Gasteiger partial charge in [-0.2, -0.15) is 0 Å². The quantitative estimate of drug-likeness (QED) is 0.728. The molecule has 1 fully saturated rings. The standard InChI is InChI=1S/C11H22N2O/c1-2-3-7-10(11(12)14)13-8-5-4-6-9-13/h10H,2-9H2,1H3,(H2,12,14). The van der Waals surface area contributed by atoms with E-state index in [1.165, 1.54) is 19.3 Å². The first-order valence-corrected chi connectivity index (χ1v) is 5.79. The van der Waals surface area contributed by atoms with Crippen molar-refractivity contribution in [1.82, 2.24) is 4.90 Å². The first-order chi connectivity index (χ1) is 6.75. The topological polar surface area (TPSA) is 46.3 Å². The van der Waals surface area contributed by atoms with Gasteiger partial charge in [-0.1, -0.05) is 26.2 Å². The van der Waals surface area contributed by atoms with E-state index in [1.807, 2.05) is 0 Å². The summed E-state index contributed by atoms with van der Waals surface area (Å²) in [6.07, 6.45) is 6.91. The summed E-state index contributed by atoms with van der Waals surface area (Å²) in [5.74, 6) is -0.139. The fourth-order valence-corrected chi connectivity index (χ4v) is 2.13. The predicted octanol–water partition coefficient (Wildman–Crippen LogP) is 1.52. The Kier molecular flexibility index (Phi) is 4.94. The van der Waals surface area contributed by atoms with Gasteiger partial charge in [0.05, 0.1) is 6.04 Å². The van der Waals surface area contributed by atoms with E-state index in [0.29, 0.717) is 0 Å². The van der Waals surface area contributed by atoms with Crippen molar-refractivity contribution in [3.05, 3.63) is 0 Å². The summed E-state index contributed by atoms with van der Waals surface area (Å²) >= 11 is 0. The lowest BCUT2D eigenvalue weighted by molar-refractivity contribution is -0.123. The van der Waals surface area contributed by atoms with E-state index in [-0.39, 0.29) is 11.9 Å². The van der Waals surface area contributed by atoms with Crippen LogP contribution in [0.4, 0.5) is 0 Å². The minimum atomic E-state index is -0.139. The largest absolute Gasteiger partial charge is 0.368 e. The van der Waals surface area contributed by atoms with Crippen LogP contribution in [0.1, 0.15) is 45.4 Å². The summed E-state index contributed by atoms with van der Waals surface area (Å²) in [6, 6.07) is -0.00440. The summed E-state index contributed by atoms with van der Waals surface area (Å²) in [4.78, 5) is 13.6. The molecule has 3 heteroatoms. The molecule has 0 aromatic carbocycles. The van der Waals surface area contributed by atoms with Crippen molar-refractivity contribution in [3.8, 4) is 0 Å². The molecule has 0 spiro atoms. The predicted molar refractivity (Wildman–Crippen MR) is 57.9 cm³/mol. The Hall–Kier alpha value is -0.570. The van der Waals surface area contributed by atoms with Crippen LogP contribution in [-0.4, -0.2) is 29.9 Å². The van der Waals surface area contributed by atoms with Crippen LogP contribution >= 0.6 is 0 Å². The Morgan fingerprint density at radius 1 is 1.36 bits per heavy atom. The minimum Gasteiger partial charge on any atom is -0.368 e. The molecule has 0 aromatic rings. The van der Waals surface area contributed by atoms with Crippen molar-refractivity contribution in [1.29, 1.82) is 0 Å². The van der Waals surface area contributed by atoms with Crippen LogP contribution in [0.15, 0.2) is 0 Å². The molecule has 1 amide bonds. The number of hydrogen-bond acceptors (Lipinski definition) is 2. The number of piperidine rings is 1. The summed E-state index contributed by atoms with van der Waals surface area (Å²) in [5, 5.41) is 0. The minimum absolute atomic E-state index is 0.00440. The van der Waals surface area contributed by atoms with Gasteiger partial charge in [-0.25, -0.2) is 0 Å². The molecule has 1 unspecified atom stereocenters. The summed E-state index contributed by atoms with van der Waals surface area (Å²) in [7, 11) is 0. The lowest BCUT2D eigenvalue weighted by atomic mass is 10.0. The number of carbonyl (C=O) groups is 1.